The number of benzene rings is 2. The number of carbonyl (C=O) groups excluding carboxylic acids is 2. The fourth-order valence-corrected chi connectivity index (χ4v) is 3.67. The number of anilines is 3. The van der Waals surface area contributed by atoms with Crippen LogP contribution in [-0.4, -0.2) is 49.4 Å². The molecule has 2 aromatic rings. The Bertz CT molecular complexity index is 987. The van der Waals surface area contributed by atoms with Gasteiger partial charge in [-0.25, -0.2) is 14.0 Å². The Morgan fingerprint density at radius 1 is 1.10 bits per heavy atom. The number of hydrogen-bond donors (Lipinski definition) is 1. The topological polar surface area (TPSA) is 65.1 Å². The van der Waals surface area contributed by atoms with E-state index in [0.29, 0.717) is 30.3 Å². The van der Waals surface area contributed by atoms with Crippen molar-refractivity contribution < 1.29 is 18.7 Å². The van der Waals surface area contributed by atoms with Crippen molar-refractivity contribution in [2.24, 2.45) is 0 Å². The van der Waals surface area contributed by atoms with Gasteiger partial charge in [-0.2, -0.15) is 0 Å². The molecule has 2 saturated heterocycles. The van der Waals surface area contributed by atoms with Crippen LogP contribution in [0.1, 0.15) is 6.92 Å². The van der Waals surface area contributed by atoms with Crippen LogP contribution in [0.15, 0.2) is 48.5 Å². The molecule has 0 saturated carbocycles. The SMILES string of the molecule is CC(=S)NCC1CN(c2ccc(N3CCN(c4ccccc4)C3=O)c(F)c2)C(=O)O1. The summed E-state index contributed by atoms with van der Waals surface area (Å²) in [5.41, 5.74) is 1.34. The first-order valence-electron chi connectivity index (χ1n) is 9.60. The monoisotopic (exact) mass is 428 g/mol. The standard InChI is InChI=1S/C21H21FN4O3S/c1-14(30)23-12-17-13-26(21(28)29-17)16-7-8-19(18(22)11-16)25-10-9-24(20(25)27)15-5-3-2-4-6-15/h2-8,11,17H,9-10,12-13H2,1H3,(H,23,30). The zero-order valence-electron chi connectivity index (χ0n) is 16.4. The van der Waals surface area contributed by atoms with E-state index >= 15 is 0 Å². The maximum Gasteiger partial charge on any atom is 0.414 e. The zero-order valence-corrected chi connectivity index (χ0v) is 17.2. The fraction of sp³-hybridized carbons (Fsp3) is 0.286. The molecule has 0 radical (unpaired) electrons. The minimum Gasteiger partial charge on any atom is -0.442 e. The number of cyclic esters (lactones) is 1. The maximum atomic E-state index is 14.9. The number of nitrogens with one attached hydrogen (secondary N) is 1. The number of para-hydroxylation sites is 1. The Labute approximate surface area is 179 Å². The largest absolute Gasteiger partial charge is 0.442 e. The minimum absolute atomic E-state index is 0.185. The second-order valence-corrected chi connectivity index (χ2v) is 7.72. The highest BCUT2D eigenvalue weighted by molar-refractivity contribution is 7.80. The van der Waals surface area contributed by atoms with Crippen molar-refractivity contribution in [3.05, 3.63) is 54.3 Å². The molecule has 1 unspecified atom stereocenters. The van der Waals surface area contributed by atoms with E-state index < -0.39 is 11.9 Å². The molecule has 2 fully saturated rings. The molecule has 2 aliphatic heterocycles. The van der Waals surface area contributed by atoms with E-state index in [9.17, 15) is 14.0 Å². The van der Waals surface area contributed by atoms with E-state index in [1.807, 2.05) is 30.3 Å². The molecule has 1 N–H and O–H groups in total. The third-order valence-corrected chi connectivity index (χ3v) is 5.21. The van der Waals surface area contributed by atoms with Gasteiger partial charge < -0.3 is 10.1 Å². The summed E-state index contributed by atoms with van der Waals surface area (Å²) in [6.07, 6.45) is -0.916. The summed E-state index contributed by atoms with van der Waals surface area (Å²) in [4.78, 5) is 30.0. The molecule has 30 heavy (non-hydrogen) atoms. The molecule has 1 atom stereocenters. The van der Waals surface area contributed by atoms with Crippen LogP contribution in [0.4, 0.5) is 31.0 Å². The highest BCUT2D eigenvalue weighted by Crippen LogP contribution is 2.31. The summed E-state index contributed by atoms with van der Waals surface area (Å²) in [6, 6.07) is 13.4. The molecule has 156 valence electrons. The summed E-state index contributed by atoms with van der Waals surface area (Å²) >= 11 is 4.96. The normalized spacial score (nSPS) is 18.7. The van der Waals surface area contributed by atoms with Gasteiger partial charge in [-0.15, -0.1) is 0 Å². The Morgan fingerprint density at radius 2 is 1.83 bits per heavy atom. The maximum absolute atomic E-state index is 14.9. The molecule has 0 spiro atoms. The lowest BCUT2D eigenvalue weighted by molar-refractivity contribution is 0.143. The summed E-state index contributed by atoms with van der Waals surface area (Å²) in [5.74, 6) is -0.570. The number of thiocarbonyl (C=S) groups is 1. The van der Waals surface area contributed by atoms with E-state index in [4.69, 9.17) is 17.0 Å². The van der Waals surface area contributed by atoms with E-state index in [2.05, 4.69) is 5.32 Å². The molecule has 3 amide bonds. The average molecular weight is 428 g/mol. The molecule has 2 aromatic carbocycles. The first kappa shape index (κ1) is 20.1. The Balaban J connectivity index is 1.48. The first-order chi connectivity index (χ1) is 14.4. The van der Waals surface area contributed by atoms with Gasteiger partial charge in [0, 0.05) is 18.8 Å². The molecule has 2 aliphatic rings. The van der Waals surface area contributed by atoms with Gasteiger partial charge in [0.25, 0.3) is 0 Å². The van der Waals surface area contributed by atoms with Crippen molar-refractivity contribution in [2.75, 3.05) is 40.9 Å². The number of hydrogen-bond acceptors (Lipinski definition) is 4. The van der Waals surface area contributed by atoms with E-state index in [1.165, 1.54) is 21.9 Å². The Morgan fingerprint density at radius 3 is 2.53 bits per heavy atom. The van der Waals surface area contributed by atoms with Crippen LogP contribution in [0.2, 0.25) is 0 Å². The van der Waals surface area contributed by atoms with Crippen molar-refractivity contribution in [3.8, 4) is 0 Å². The van der Waals surface area contributed by atoms with Crippen LogP contribution in [0.25, 0.3) is 0 Å². The Hall–Kier alpha value is -3.20. The number of rotatable bonds is 5. The fourth-order valence-electron chi connectivity index (χ4n) is 3.59. The number of nitrogens with zero attached hydrogens (tertiary/aromatic N) is 3. The molecule has 9 heteroatoms. The van der Waals surface area contributed by atoms with Gasteiger partial charge in [-0.05, 0) is 37.3 Å². The summed E-state index contributed by atoms with van der Waals surface area (Å²) < 4.78 is 20.2. The molecule has 7 nitrogen and oxygen atoms in total. The zero-order chi connectivity index (χ0) is 21.3. The number of ether oxygens (including phenoxy) is 1. The highest BCUT2D eigenvalue weighted by atomic mass is 32.1. The van der Waals surface area contributed by atoms with Gasteiger partial charge >= 0.3 is 12.1 Å². The van der Waals surface area contributed by atoms with Crippen molar-refractivity contribution in [1.29, 1.82) is 0 Å². The number of urea groups is 1. The lowest BCUT2D eigenvalue weighted by Crippen LogP contribution is -2.33. The molecular weight excluding hydrogens is 407 g/mol. The van der Waals surface area contributed by atoms with Crippen LogP contribution < -0.4 is 20.0 Å². The second-order valence-electron chi connectivity index (χ2n) is 7.11. The predicted octanol–water partition coefficient (Wildman–Crippen LogP) is 3.53. The third-order valence-electron chi connectivity index (χ3n) is 5.06. The van der Waals surface area contributed by atoms with Gasteiger partial charge in [-0.1, -0.05) is 30.4 Å². The van der Waals surface area contributed by atoms with E-state index in [1.54, 1.807) is 17.9 Å². The first-order valence-corrected chi connectivity index (χ1v) is 10.0. The van der Waals surface area contributed by atoms with Crippen LogP contribution in [0.5, 0.6) is 0 Å². The van der Waals surface area contributed by atoms with Crippen molar-refractivity contribution in [1.82, 2.24) is 5.32 Å². The van der Waals surface area contributed by atoms with Crippen LogP contribution in [0, 0.1) is 5.82 Å². The molecule has 2 heterocycles. The lowest BCUT2D eigenvalue weighted by Gasteiger charge is -2.20. The third kappa shape index (κ3) is 3.93. The molecule has 0 aromatic heterocycles. The molecule has 0 aliphatic carbocycles. The van der Waals surface area contributed by atoms with E-state index in [-0.39, 0.29) is 24.4 Å². The molecule has 4 rings (SSSR count). The van der Waals surface area contributed by atoms with Crippen molar-refractivity contribution in [2.45, 2.75) is 13.0 Å². The van der Waals surface area contributed by atoms with Gasteiger partial charge in [0.1, 0.15) is 11.9 Å². The van der Waals surface area contributed by atoms with Crippen LogP contribution >= 0.6 is 12.2 Å². The summed E-state index contributed by atoms with van der Waals surface area (Å²) in [7, 11) is 0. The molecular formula is C21H21FN4O3S. The summed E-state index contributed by atoms with van der Waals surface area (Å²) in [6.45, 7) is 3.28. The second kappa shape index (κ2) is 8.27. The highest BCUT2D eigenvalue weighted by Gasteiger charge is 2.35. The smallest absolute Gasteiger partial charge is 0.414 e. The minimum atomic E-state index is -0.570. The molecule has 0 bridgehead atoms. The number of carbonyl (C=O) groups is 2. The van der Waals surface area contributed by atoms with Gasteiger partial charge in [0.05, 0.1) is 29.5 Å². The van der Waals surface area contributed by atoms with Gasteiger partial charge in [0.15, 0.2) is 0 Å². The van der Waals surface area contributed by atoms with Crippen molar-refractivity contribution in [3.63, 3.8) is 0 Å². The number of halogens is 1. The average Bonchev–Trinajstić information content (AvgIpc) is 3.29. The lowest BCUT2D eigenvalue weighted by atomic mass is 10.2. The van der Waals surface area contributed by atoms with Crippen LogP contribution in [-0.2, 0) is 4.74 Å². The number of amides is 3. The van der Waals surface area contributed by atoms with Crippen LogP contribution in [0.3, 0.4) is 0 Å². The quantitative estimate of drug-likeness (QED) is 0.738. The Kier molecular flexibility index (Phi) is 5.54. The predicted molar refractivity (Wildman–Crippen MR) is 117 cm³/mol. The van der Waals surface area contributed by atoms with Gasteiger partial charge in [0.2, 0.25) is 0 Å². The van der Waals surface area contributed by atoms with Gasteiger partial charge in [-0.3, -0.25) is 14.7 Å². The van der Waals surface area contributed by atoms with Crippen molar-refractivity contribution >= 4 is 46.4 Å². The summed E-state index contributed by atoms with van der Waals surface area (Å²) in [5, 5.41) is 2.96. The van der Waals surface area contributed by atoms with E-state index in [0.717, 1.165) is 5.69 Å².